The van der Waals surface area contributed by atoms with Gasteiger partial charge in [0.1, 0.15) is 17.5 Å². The number of halogens is 1. The highest BCUT2D eigenvalue weighted by Gasteiger charge is 2.08. The number of nitrogens with zero attached hydrogens (tertiary/aromatic N) is 4. The Balaban J connectivity index is 1.87. The zero-order valence-corrected chi connectivity index (χ0v) is 10.1. The predicted octanol–water partition coefficient (Wildman–Crippen LogP) is 2.36. The van der Waals surface area contributed by atoms with E-state index in [-0.39, 0.29) is 6.61 Å². The van der Waals surface area contributed by atoms with Crippen molar-refractivity contribution in [2.24, 2.45) is 0 Å². The maximum atomic E-state index is 6.10. The van der Waals surface area contributed by atoms with Gasteiger partial charge in [-0.15, -0.1) is 10.2 Å². The minimum absolute atomic E-state index is 0.288. The maximum Gasteiger partial charge on any atom is 0.176 e. The summed E-state index contributed by atoms with van der Waals surface area (Å²) >= 11 is 6.10. The first-order valence-electron chi connectivity index (χ1n) is 5.36. The average Bonchev–Trinajstić information content (AvgIpc) is 2.82. The van der Waals surface area contributed by atoms with Crippen LogP contribution in [0.1, 0.15) is 5.82 Å². The normalized spacial score (nSPS) is 10.7. The summed E-state index contributed by atoms with van der Waals surface area (Å²) in [5.74, 6) is 1.33. The van der Waals surface area contributed by atoms with Crippen molar-refractivity contribution >= 4 is 17.2 Å². The summed E-state index contributed by atoms with van der Waals surface area (Å²) in [5, 5.41) is 8.64. The van der Waals surface area contributed by atoms with Gasteiger partial charge in [-0.3, -0.25) is 9.38 Å². The summed E-state index contributed by atoms with van der Waals surface area (Å²) in [7, 11) is 0. The van der Waals surface area contributed by atoms with Gasteiger partial charge in [0.15, 0.2) is 11.5 Å². The van der Waals surface area contributed by atoms with Crippen molar-refractivity contribution in [1.29, 1.82) is 0 Å². The summed E-state index contributed by atoms with van der Waals surface area (Å²) in [4.78, 5) is 3.97. The molecule has 6 heteroatoms. The van der Waals surface area contributed by atoms with Crippen LogP contribution in [0.3, 0.4) is 0 Å². The first kappa shape index (κ1) is 11.0. The van der Waals surface area contributed by atoms with Crippen molar-refractivity contribution < 1.29 is 4.74 Å². The summed E-state index contributed by atoms with van der Waals surface area (Å²) in [5.41, 5.74) is 0.701. The number of pyridine rings is 2. The molecule has 5 nitrogen and oxygen atoms in total. The van der Waals surface area contributed by atoms with Crippen LogP contribution in [0.2, 0.25) is 5.15 Å². The molecule has 0 unspecified atom stereocenters. The number of hydrogen-bond acceptors (Lipinski definition) is 4. The number of rotatable bonds is 3. The fraction of sp³-hybridized carbons (Fsp3) is 0.0833. The van der Waals surface area contributed by atoms with Crippen molar-refractivity contribution in [1.82, 2.24) is 19.6 Å². The topological polar surface area (TPSA) is 52.3 Å². The monoisotopic (exact) mass is 260 g/mol. The zero-order valence-electron chi connectivity index (χ0n) is 9.32. The third-order valence-electron chi connectivity index (χ3n) is 2.45. The molecule has 0 bridgehead atoms. The van der Waals surface area contributed by atoms with Crippen LogP contribution in [-0.4, -0.2) is 19.6 Å². The molecule has 0 fully saturated rings. The van der Waals surface area contributed by atoms with Crippen molar-refractivity contribution in [2.75, 3.05) is 0 Å². The molecule has 0 aliphatic carbocycles. The minimum atomic E-state index is 0.288. The van der Waals surface area contributed by atoms with E-state index in [1.54, 1.807) is 22.9 Å². The van der Waals surface area contributed by atoms with Crippen LogP contribution < -0.4 is 4.74 Å². The highest BCUT2D eigenvalue weighted by Crippen LogP contribution is 2.15. The van der Waals surface area contributed by atoms with Crippen molar-refractivity contribution in [3.63, 3.8) is 0 Å². The molecule has 0 aromatic carbocycles. The summed E-state index contributed by atoms with van der Waals surface area (Å²) in [6.07, 6.45) is 3.33. The molecular formula is C12H9ClN4O. The van der Waals surface area contributed by atoms with E-state index in [2.05, 4.69) is 15.2 Å². The fourth-order valence-electron chi connectivity index (χ4n) is 1.63. The van der Waals surface area contributed by atoms with Gasteiger partial charge in [0.25, 0.3) is 0 Å². The van der Waals surface area contributed by atoms with E-state index in [1.165, 1.54) is 0 Å². The SMILES string of the molecule is Clc1cccc2nnc(COc3cccnc3)n12. The Labute approximate surface area is 108 Å². The third-order valence-corrected chi connectivity index (χ3v) is 2.75. The molecule has 0 spiro atoms. The fourth-order valence-corrected chi connectivity index (χ4v) is 1.89. The Morgan fingerprint density at radius 2 is 2.11 bits per heavy atom. The summed E-state index contributed by atoms with van der Waals surface area (Å²) in [6, 6.07) is 9.10. The van der Waals surface area contributed by atoms with Gasteiger partial charge in [-0.1, -0.05) is 17.7 Å². The molecule has 0 saturated heterocycles. The van der Waals surface area contributed by atoms with Crippen LogP contribution in [-0.2, 0) is 6.61 Å². The van der Waals surface area contributed by atoms with Gasteiger partial charge in [0.2, 0.25) is 0 Å². The molecule has 3 aromatic heterocycles. The van der Waals surface area contributed by atoms with Crippen LogP contribution >= 0.6 is 11.6 Å². The Morgan fingerprint density at radius 3 is 2.94 bits per heavy atom. The molecule has 0 amide bonds. The van der Waals surface area contributed by atoms with Gasteiger partial charge in [-0.25, -0.2) is 0 Å². The number of ether oxygens (including phenoxy) is 1. The molecule has 0 radical (unpaired) electrons. The predicted molar refractivity (Wildman–Crippen MR) is 66.6 cm³/mol. The highest BCUT2D eigenvalue weighted by atomic mass is 35.5. The lowest BCUT2D eigenvalue weighted by atomic mass is 10.4. The van der Waals surface area contributed by atoms with Gasteiger partial charge < -0.3 is 4.74 Å². The Hall–Kier alpha value is -2.14. The van der Waals surface area contributed by atoms with Crippen molar-refractivity contribution in [2.45, 2.75) is 6.61 Å². The quantitative estimate of drug-likeness (QED) is 0.679. The lowest BCUT2D eigenvalue weighted by molar-refractivity contribution is 0.293. The second kappa shape index (κ2) is 4.62. The molecule has 3 rings (SSSR count). The van der Waals surface area contributed by atoms with Gasteiger partial charge in [0.05, 0.1) is 6.20 Å². The Bertz CT molecular complexity index is 668. The van der Waals surface area contributed by atoms with E-state index in [4.69, 9.17) is 16.3 Å². The minimum Gasteiger partial charge on any atom is -0.484 e. The van der Waals surface area contributed by atoms with E-state index in [0.29, 0.717) is 22.4 Å². The summed E-state index contributed by atoms with van der Waals surface area (Å²) in [6.45, 7) is 0.288. The van der Waals surface area contributed by atoms with E-state index in [0.717, 1.165) is 0 Å². The van der Waals surface area contributed by atoms with Crippen LogP contribution in [0.5, 0.6) is 5.75 Å². The largest absolute Gasteiger partial charge is 0.484 e. The maximum absolute atomic E-state index is 6.10. The second-order valence-corrected chi connectivity index (χ2v) is 4.02. The second-order valence-electron chi connectivity index (χ2n) is 3.64. The first-order chi connectivity index (χ1) is 8.84. The molecular weight excluding hydrogens is 252 g/mol. The van der Waals surface area contributed by atoms with Crippen molar-refractivity contribution in [3.8, 4) is 5.75 Å². The molecule has 3 aromatic rings. The standard InChI is InChI=1S/C12H9ClN4O/c13-10-4-1-5-11-15-16-12(17(10)11)8-18-9-3-2-6-14-7-9/h1-7H,8H2. The van der Waals surface area contributed by atoms with Crippen LogP contribution in [0, 0.1) is 0 Å². The number of aromatic nitrogens is 4. The summed E-state index contributed by atoms with van der Waals surface area (Å²) < 4.78 is 7.32. The highest BCUT2D eigenvalue weighted by molar-refractivity contribution is 6.29. The molecule has 90 valence electrons. The zero-order chi connectivity index (χ0) is 12.4. The van der Waals surface area contributed by atoms with E-state index in [9.17, 15) is 0 Å². The third kappa shape index (κ3) is 2.00. The van der Waals surface area contributed by atoms with Crippen molar-refractivity contribution in [3.05, 3.63) is 53.7 Å². The Morgan fingerprint density at radius 1 is 1.17 bits per heavy atom. The van der Waals surface area contributed by atoms with E-state index >= 15 is 0 Å². The molecule has 0 saturated carbocycles. The molecule has 3 heterocycles. The smallest absolute Gasteiger partial charge is 0.176 e. The van der Waals surface area contributed by atoms with Gasteiger partial charge >= 0.3 is 0 Å². The molecule has 0 N–H and O–H groups in total. The van der Waals surface area contributed by atoms with Gasteiger partial charge in [-0.2, -0.15) is 0 Å². The lowest BCUT2D eigenvalue weighted by Gasteiger charge is -2.04. The number of fused-ring (bicyclic) bond motifs is 1. The molecule has 0 atom stereocenters. The Kier molecular flexibility index (Phi) is 2.82. The van der Waals surface area contributed by atoms with Gasteiger partial charge in [0, 0.05) is 6.20 Å². The molecule has 0 aliphatic rings. The lowest BCUT2D eigenvalue weighted by Crippen LogP contribution is -2.02. The number of hydrogen-bond donors (Lipinski definition) is 0. The molecule has 0 aliphatic heterocycles. The van der Waals surface area contributed by atoms with E-state index < -0.39 is 0 Å². The molecule has 18 heavy (non-hydrogen) atoms. The van der Waals surface area contributed by atoms with E-state index in [1.807, 2.05) is 24.3 Å². The van der Waals surface area contributed by atoms with Crippen LogP contribution in [0.4, 0.5) is 0 Å². The first-order valence-corrected chi connectivity index (χ1v) is 5.74. The van der Waals surface area contributed by atoms with Crippen LogP contribution in [0.15, 0.2) is 42.7 Å². The average molecular weight is 261 g/mol. The van der Waals surface area contributed by atoms with Gasteiger partial charge in [-0.05, 0) is 24.3 Å². The van der Waals surface area contributed by atoms with Crippen LogP contribution in [0.25, 0.3) is 5.65 Å².